The number of aryl methyl sites for hydroxylation is 1. The summed E-state index contributed by atoms with van der Waals surface area (Å²) in [5.74, 6) is -2.50. The lowest BCUT2D eigenvalue weighted by molar-refractivity contribution is -0.141. The van der Waals surface area contributed by atoms with E-state index in [0.29, 0.717) is 28.9 Å². The Bertz CT molecular complexity index is 1430. The third-order valence-corrected chi connectivity index (χ3v) is 8.38. The third-order valence-electron chi connectivity index (χ3n) is 5.90. The van der Waals surface area contributed by atoms with Crippen molar-refractivity contribution in [2.45, 2.75) is 31.7 Å². The number of anilines is 1. The van der Waals surface area contributed by atoms with Crippen LogP contribution in [0.5, 0.6) is 0 Å². The van der Waals surface area contributed by atoms with E-state index in [9.17, 15) is 22.7 Å². The summed E-state index contributed by atoms with van der Waals surface area (Å²) in [5, 5.41) is 13.7. The fourth-order valence-electron chi connectivity index (χ4n) is 4.13. The highest BCUT2D eigenvalue weighted by Crippen LogP contribution is 2.37. The molecule has 11 heteroatoms. The van der Waals surface area contributed by atoms with Crippen molar-refractivity contribution >= 4 is 56.5 Å². The van der Waals surface area contributed by atoms with Crippen molar-refractivity contribution in [2.75, 3.05) is 10.8 Å². The Kier molecular flexibility index (Phi) is 6.95. The number of aromatic nitrogens is 2. The second kappa shape index (κ2) is 9.64. The zero-order valence-electron chi connectivity index (χ0n) is 18.9. The molecule has 1 N–H and O–H groups in total. The molecule has 0 saturated heterocycles. The van der Waals surface area contributed by atoms with E-state index in [1.165, 1.54) is 23.0 Å². The van der Waals surface area contributed by atoms with Gasteiger partial charge in [-0.05, 0) is 55.2 Å². The maximum Gasteiger partial charge on any atom is 0.308 e. The average molecular weight is 538 g/mol. The first-order valence-corrected chi connectivity index (χ1v) is 13.0. The van der Waals surface area contributed by atoms with Crippen LogP contribution in [0.1, 0.15) is 30.5 Å². The van der Waals surface area contributed by atoms with Gasteiger partial charge < -0.3 is 5.11 Å². The molecule has 1 unspecified atom stereocenters. The lowest BCUT2D eigenvalue weighted by Gasteiger charge is -2.33. The molecule has 0 bridgehead atoms. The Morgan fingerprint density at radius 1 is 1.29 bits per heavy atom. The SMILES string of the molecule is CCn1cc(S(=O)(=O)N2CC(C(=O)O)Cc3ccc(/C=C(\C)c4c(F)cccc4Cl)cc32)c(Cl)n1. The molecule has 0 saturated carbocycles. The fourth-order valence-corrected chi connectivity index (χ4v) is 6.43. The summed E-state index contributed by atoms with van der Waals surface area (Å²) in [7, 11) is -4.22. The van der Waals surface area contributed by atoms with Gasteiger partial charge in [-0.2, -0.15) is 5.10 Å². The summed E-state index contributed by atoms with van der Waals surface area (Å²) in [5.41, 5.74) is 2.30. The number of hydrogen-bond donors (Lipinski definition) is 1. The van der Waals surface area contributed by atoms with Crippen molar-refractivity contribution < 1.29 is 22.7 Å². The van der Waals surface area contributed by atoms with Crippen molar-refractivity contribution in [3.05, 3.63) is 75.3 Å². The number of allylic oxidation sites excluding steroid dienone is 1. The van der Waals surface area contributed by atoms with Crippen LogP contribution in [0.25, 0.3) is 11.6 Å². The van der Waals surface area contributed by atoms with Gasteiger partial charge in [-0.25, -0.2) is 12.8 Å². The zero-order chi connectivity index (χ0) is 25.5. The van der Waals surface area contributed by atoms with Crippen LogP contribution in [0.3, 0.4) is 0 Å². The van der Waals surface area contributed by atoms with Crippen LogP contribution in [-0.2, 0) is 27.8 Å². The van der Waals surface area contributed by atoms with Crippen molar-refractivity contribution in [1.29, 1.82) is 0 Å². The fraction of sp³-hybridized carbons (Fsp3) is 0.250. The number of carboxylic acids is 1. The highest BCUT2D eigenvalue weighted by Gasteiger charge is 2.38. The second-order valence-electron chi connectivity index (χ2n) is 8.23. The predicted octanol–water partition coefficient (Wildman–Crippen LogP) is 5.36. The summed E-state index contributed by atoms with van der Waals surface area (Å²) in [4.78, 5) is 11.6. The second-order valence-corrected chi connectivity index (χ2v) is 10.8. The predicted molar refractivity (Wildman–Crippen MR) is 134 cm³/mol. The minimum Gasteiger partial charge on any atom is -0.481 e. The number of aliphatic carboxylic acids is 1. The first-order chi connectivity index (χ1) is 16.5. The molecular formula is C24H22Cl2FN3O4S. The molecule has 2 aromatic carbocycles. The summed E-state index contributed by atoms with van der Waals surface area (Å²) in [6, 6.07) is 9.47. The van der Waals surface area contributed by atoms with Crippen LogP contribution in [0, 0.1) is 11.7 Å². The molecule has 0 fully saturated rings. The number of benzene rings is 2. The Hall–Kier alpha value is -2.88. The lowest BCUT2D eigenvalue weighted by Crippen LogP contribution is -2.42. The maximum atomic E-state index is 14.4. The molecule has 0 amide bonds. The van der Waals surface area contributed by atoms with Crippen LogP contribution < -0.4 is 4.31 Å². The highest BCUT2D eigenvalue weighted by molar-refractivity contribution is 7.93. The van der Waals surface area contributed by atoms with E-state index in [1.807, 2.05) is 0 Å². The lowest BCUT2D eigenvalue weighted by atomic mass is 9.92. The topological polar surface area (TPSA) is 92.5 Å². The van der Waals surface area contributed by atoms with Crippen LogP contribution >= 0.6 is 23.2 Å². The summed E-state index contributed by atoms with van der Waals surface area (Å²) >= 11 is 12.3. The van der Waals surface area contributed by atoms with Crippen molar-refractivity contribution in [3.8, 4) is 0 Å². The zero-order valence-corrected chi connectivity index (χ0v) is 21.2. The molecule has 0 radical (unpaired) electrons. The molecule has 2 heterocycles. The maximum absolute atomic E-state index is 14.4. The molecule has 7 nitrogen and oxygen atoms in total. The van der Waals surface area contributed by atoms with Gasteiger partial charge in [0.25, 0.3) is 10.0 Å². The van der Waals surface area contributed by atoms with Gasteiger partial charge in [0.2, 0.25) is 0 Å². The Balaban J connectivity index is 1.83. The molecule has 1 aliphatic heterocycles. The smallest absolute Gasteiger partial charge is 0.308 e. The number of nitrogens with zero attached hydrogens (tertiary/aromatic N) is 3. The number of carbonyl (C=O) groups is 1. The van der Waals surface area contributed by atoms with Crippen LogP contribution in [0.15, 0.2) is 47.5 Å². The molecule has 184 valence electrons. The number of hydrogen-bond acceptors (Lipinski definition) is 4. The Morgan fingerprint density at radius 3 is 2.66 bits per heavy atom. The first kappa shape index (κ1) is 25.2. The normalized spacial score (nSPS) is 16.3. The summed E-state index contributed by atoms with van der Waals surface area (Å²) in [6.45, 7) is 3.65. The van der Waals surface area contributed by atoms with E-state index >= 15 is 0 Å². The monoisotopic (exact) mass is 537 g/mol. The molecule has 35 heavy (non-hydrogen) atoms. The molecule has 1 atom stereocenters. The van der Waals surface area contributed by atoms with E-state index in [0.717, 1.165) is 4.31 Å². The van der Waals surface area contributed by atoms with Crippen LogP contribution in [0.2, 0.25) is 10.2 Å². The van der Waals surface area contributed by atoms with Gasteiger partial charge in [0.15, 0.2) is 5.15 Å². The van der Waals surface area contributed by atoms with E-state index in [1.54, 1.807) is 44.2 Å². The molecule has 4 rings (SSSR count). The van der Waals surface area contributed by atoms with Gasteiger partial charge in [0.05, 0.1) is 16.6 Å². The molecule has 1 aliphatic rings. The molecule has 1 aromatic heterocycles. The molecule has 3 aromatic rings. The van der Waals surface area contributed by atoms with E-state index in [-0.39, 0.29) is 33.6 Å². The standard InChI is InChI=1S/C24H22Cl2FN3O4S/c1-3-29-13-21(23(26)28-29)35(33,34)30-12-17(24(31)32)11-16-8-7-15(10-20(16)30)9-14(2)22-18(25)5-4-6-19(22)27/h4-10,13,17H,3,11-12H2,1-2H3,(H,31,32)/b14-9+. The number of halogens is 3. The van der Waals surface area contributed by atoms with Gasteiger partial charge in [-0.3, -0.25) is 13.8 Å². The Morgan fingerprint density at radius 2 is 2.03 bits per heavy atom. The van der Waals surface area contributed by atoms with Crippen molar-refractivity contribution in [3.63, 3.8) is 0 Å². The molecular weight excluding hydrogens is 516 g/mol. The summed E-state index contributed by atoms with van der Waals surface area (Å²) < 4.78 is 44.1. The van der Waals surface area contributed by atoms with Crippen molar-refractivity contribution in [1.82, 2.24) is 9.78 Å². The van der Waals surface area contributed by atoms with Crippen LogP contribution in [0.4, 0.5) is 10.1 Å². The number of fused-ring (bicyclic) bond motifs is 1. The van der Waals surface area contributed by atoms with Crippen molar-refractivity contribution in [2.24, 2.45) is 5.92 Å². The van der Waals surface area contributed by atoms with Gasteiger partial charge >= 0.3 is 5.97 Å². The first-order valence-electron chi connectivity index (χ1n) is 10.8. The van der Waals surface area contributed by atoms with E-state index < -0.39 is 27.7 Å². The minimum atomic E-state index is -4.22. The van der Waals surface area contributed by atoms with Gasteiger partial charge in [0.1, 0.15) is 10.7 Å². The van der Waals surface area contributed by atoms with Gasteiger partial charge in [-0.15, -0.1) is 0 Å². The van der Waals surface area contributed by atoms with E-state index in [4.69, 9.17) is 23.2 Å². The Labute approximate surface area is 212 Å². The highest BCUT2D eigenvalue weighted by atomic mass is 35.5. The number of sulfonamides is 1. The van der Waals surface area contributed by atoms with Gasteiger partial charge in [0, 0.05) is 24.8 Å². The summed E-state index contributed by atoms with van der Waals surface area (Å²) in [6.07, 6.45) is 3.19. The van der Waals surface area contributed by atoms with E-state index in [2.05, 4.69) is 5.10 Å². The minimum absolute atomic E-state index is 0.167. The average Bonchev–Trinajstić information content (AvgIpc) is 3.19. The number of rotatable bonds is 6. The number of carboxylic acid groups (broad SMARTS) is 1. The van der Waals surface area contributed by atoms with Gasteiger partial charge in [-0.1, -0.05) is 47.5 Å². The quantitative estimate of drug-likeness (QED) is 0.427. The molecule has 0 spiro atoms. The molecule has 0 aliphatic carbocycles. The third kappa shape index (κ3) is 4.80. The largest absolute Gasteiger partial charge is 0.481 e. The van der Waals surface area contributed by atoms with Crippen LogP contribution in [-0.4, -0.2) is 35.8 Å².